The van der Waals surface area contributed by atoms with E-state index in [0.717, 1.165) is 11.3 Å². The summed E-state index contributed by atoms with van der Waals surface area (Å²) in [6, 6.07) is 0. The van der Waals surface area contributed by atoms with E-state index in [1.54, 1.807) is 20.8 Å². The van der Waals surface area contributed by atoms with Crippen LogP contribution in [0.15, 0.2) is 4.52 Å². The van der Waals surface area contributed by atoms with Crippen LogP contribution in [0.2, 0.25) is 0 Å². The molecule has 0 bridgehead atoms. The Labute approximate surface area is 95.8 Å². The van der Waals surface area contributed by atoms with Crippen LogP contribution in [0.25, 0.3) is 0 Å². The van der Waals surface area contributed by atoms with Gasteiger partial charge in [-0.25, -0.2) is 0 Å². The van der Waals surface area contributed by atoms with Crippen LogP contribution in [0.1, 0.15) is 42.6 Å². The first kappa shape index (κ1) is 16.8. The van der Waals surface area contributed by atoms with Gasteiger partial charge in [-0.2, -0.15) is 0 Å². The van der Waals surface area contributed by atoms with Crippen LogP contribution in [0.3, 0.4) is 0 Å². The van der Waals surface area contributed by atoms with Crippen molar-refractivity contribution in [3.05, 3.63) is 17.0 Å². The number of carbonyl (C=O) groups excluding carboxylic acids is 2. The van der Waals surface area contributed by atoms with E-state index in [1.165, 1.54) is 0 Å². The quantitative estimate of drug-likeness (QED) is 0.744. The normalized spacial score (nSPS) is 7.81. The van der Waals surface area contributed by atoms with Gasteiger partial charge in [0.2, 0.25) is 5.76 Å². The average Bonchev–Trinajstić information content (AvgIpc) is 2.64. The number of aldehydes is 1. The molecule has 0 N–H and O–H groups in total. The van der Waals surface area contributed by atoms with Gasteiger partial charge in [-0.3, -0.25) is 9.59 Å². The van der Waals surface area contributed by atoms with Crippen LogP contribution in [0.4, 0.5) is 0 Å². The fourth-order valence-electron chi connectivity index (χ4n) is 0.611. The highest BCUT2D eigenvalue weighted by Gasteiger charge is 2.04. The number of rotatable bonds is 3. The van der Waals surface area contributed by atoms with Crippen LogP contribution in [-0.4, -0.2) is 24.5 Å². The second-order valence-electron chi connectivity index (χ2n) is 2.43. The number of hydrogen-bond donors (Lipinski definition) is 0. The monoisotopic (exact) mass is 229 g/mol. The Morgan fingerprint density at radius 3 is 2.00 bits per heavy atom. The third-order valence-corrected chi connectivity index (χ3v) is 1.53. The molecule has 0 saturated heterocycles. The van der Waals surface area contributed by atoms with Crippen molar-refractivity contribution in [2.24, 2.45) is 0 Å². The second kappa shape index (κ2) is 11.4. The minimum Gasteiger partial charge on any atom is -0.468 e. The average molecular weight is 229 g/mol. The molecule has 0 aliphatic rings. The van der Waals surface area contributed by atoms with Gasteiger partial charge in [0.1, 0.15) is 0 Å². The standard InChI is InChI=1S/C6H7NO2.C3H6O2.C2H6/c1-4-5(2)7-9-6(4)3-8;1-2-5-3-4;1-2/h3H,1-2H3;3H,2H2,1H3;1-2H3. The SMILES string of the molecule is CC.CCOC=O.Cc1noc(C=O)c1C. The van der Waals surface area contributed by atoms with Gasteiger partial charge < -0.3 is 9.26 Å². The topological polar surface area (TPSA) is 69.4 Å². The smallest absolute Gasteiger partial charge is 0.293 e. The highest BCUT2D eigenvalue weighted by Crippen LogP contribution is 2.07. The van der Waals surface area contributed by atoms with Gasteiger partial charge in [0, 0.05) is 5.56 Å². The molecule has 0 fully saturated rings. The first-order chi connectivity index (χ1) is 7.67. The Morgan fingerprint density at radius 2 is 1.88 bits per heavy atom. The van der Waals surface area contributed by atoms with E-state index < -0.39 is 0 Å². The highest BCUT2D eigenvalue weighted by atomic mass is 16.5. The van der Waals surface area contributed by atoms with Crippen molar-refractivity contribution in [3.8, 4) is 0 Å². The maximum absolute atomic E-state index is 10.1. The van der Waals surface area contributed by atoms with Crippen molar-refractivity contribution in [3.63, 3.8) is 0 Å². The minimum atomic E-state index is 0.326. The molecule has 1 aromatic heterocycles. The Bertz CT molecular complexity index is 294. The molecule has 1 rings (SSSR count). The van der Waals surface area contributed by atoms with Gasteiger partial charge in [-0.05, 0) is 20.8 Å². The molecule has 0 aliphatic carbocycles. The molecule has 0 amide bonds. The Morgan fingerprint density at radius 1 is 1.31 bits per heavy atom. The second-order valence-corrected chi connectivity index (χ2v) is 2.43. The molecule has 16 heavy (non-hydrogen) atoms. The minimum absolute atomic E-state index is 0.326. The summed E-state index contributed by atoms with van der Waals surface area (Å²) in [7, 11) is 0. The third kappa shape index (κ3) is 6.75. The van der Waals surface area contributed by atoms with E-state index in [0.29, 0.717) is 25.1 Å². The van der Waals surface area contributed by atoms with Crippen LogP contribution < -0.4 is 0 Å². The molecule has 92 valence electrons. The van der Waals surface area contributed by atoms with E-state index in [9.17, 15) is 9.59 Å². The lowest BCUT2D eigenvalue weighted by Gasteiger charge is -1.79. The van der Waals surface area contributed by atoms with Crippen molar-refractivity contribution < 1.29 is 18.8 Å². The van der Waals surface area contributed by atoms with Gasteiger partial charge in [0.15, 0.2) is 6.29 Å². The number of aromatic nitrogens is 1. The molecule has 1 aromatic rings. The molecule has 0 saturated carbocycles. The molecule has 5 heteroatoms. The van der Waals surface area contributed by atoms with E-state index >= 15 is 0 Å². The van der Waals surface area contributed by atoms with Crippen molar-refractivity contribution in [2.45, 2.75) is 34.6 Å². The van der Waals surface area contributed by atoms with Crippen LogP contribution in [-0.2, 0) is 9.53 Å². The lowest BCUT2D eigenvalue weighted by Crippen LogP contribution is -1.80. The molecule has 5 nitrogen and oxygen atoms in total. The summed E-state index contributed by atoms with van der Waals surface area (Å²) in [5, 5.41) is 3.58. The van der Waals surface area contributed by atoms with Crippen molar-refractivity contribution in [1.29, 1.82) is 0 Å². The molecule has 1 heterocycles. The maximum Gasteiger partial charge on any atom is 0.293 e. The lowest BCUT2D eigenvalue weighted by atomic mass is 10.2. The van der Waals surface area contributed by atoms with Crippen molar-refractivity contribution in [2.75, 3.05) is 6.61 Å². The zero-order valence-corrected chi connectivity index (χ0v) is 10.4. The predicted octanol–water partition coefficient (Wildman–Crippen LogP) is 2.31. The molecule has 0 aliphatic heterocycles. The van der Waals surface area contributed by atoms with E-state index in [1.807, 2.05) is 13.8 Å². The van der Waals surface area contributed by atoms with E-state index in [4.69, 9.17) is 0 Å². The fraction of sp³-hybridized carbons (Fsp3) is 0.545. The van der Waals surface area contributed by atoms with E-state index in [2.05, 4.69) is 14.4 Å². The largest absolute Gasteiger partial charge is 0.468 e. The molecule has 0 spiro atoms. The first-order valence-electron chi connectivity index (χ1n) is 5.10. The maximum atomic E-state index is 10.1. The molecular weight excluding hydrogens is 210 g/mol. The van der Waals surface area contributed by atoms with Gasteiger partial charge in [0.25, 0.3) is 6.47 Å². The number of hydrogen-bond acceptors (Lipinski definition) is 5. The first-order valence-corrected chi connectivity index (χ1v) is 5.10. The summed E-state index contributed by atoms with van der Waals surface area (Å²) >= 11 is 0. The Kier molecular flexibility index (Phi) is 12.0. The summed E-state index contributed by atoms with van der Waals surface area (Å²) in [4.78, 5) is 19.3. The Balaban J connectivity index is 0. The Hall–Kier alpha value is -1.65. The lowest BCUT2D eigenvalue weighted by molar-refractivity contribution is -0.128. The summed E-state index contributed by atoms with van der Waals surface area (Å²) in [5.41, 5.74) is 1.60. The fourth-order valence-corrected chi connectivity index (χ4v) is 0.611. The predicted molar refractivity (Wildman–Crippen MR) is 60.4 cm³/mol. The zero-order chi connectivity index (χ0) is 13.0. The number of ether oxygens (including phenoxy) is 1. The van der Waals surface area contributed by atoms with Crippen LogP contribution in [0, 0.1) is 13.8 Å². The highest BCUT2D eigenvalue weighted by molar-refractivity contribution is 5.72. The number of carbonyl (C=O) groups is 2. The number of aryl methyl sites for hydroxylation is 1. The summed E-state index contributed by atoms with van der Waals surface area (Å²) in [6.45, 7) is 10.3. The third-order valence-electron chi connectivity index (χ3n) is 1.53. The molecule has 0 unspecified atom stereocenters. The number of nitrogens with zero attached hydrogens (tertiary/aromatic N) is 1. The molecule has 0 atom stereocenters. The van der Waals surface area contributed by atoms with Gasteiger partial charge in [-0.15, -0.1) is 0 Å². The molecule has 0 radical (unpaired) electrons. The molecule has 0 aromatic carbocycles. The van der Waals surface area contributed by atoms with E-state index in [-0.39, 0.29) is 0 Å². The summed E-state index contributed by atoms with van der Waals surface area (Å²) in [6.07, 6.45) is 0.662. The van der Waals surface area contributed by atoms with Crippen LogP contribution in [0.5, 0.6) is 0 Å². The molecular formula is C11H19NO4. The van der Waals surface area contributed by atoms with Gasteiger partial charge in [0.05, 0.1) is 12.3 Å². The summed E-state index contributed by atoms with van der Waals surface area (Å²) < 4.78 is 8.78. The van der Waals surface area contributed by atoms with Gasteiger partial charge >= 0.3 is 0 Å². The van der Waals surface area contributed by atoms with Crippen LogP contribution >= 0.6 is 0 Å². The van der Waals surface area contributed by atoms with Crippen molar-refractivity contribution >= 4 is 12.8 Å². The van der Waals surface area contributed by atoms with Crippen molar-refractivity contribution in [1.82, 2.24) is 5.16 Å². The summed E-state index contributed by atoms with van der Waals surface area (Å²) in [5.74, 6) is 0.326. The van der Waals surface area contributed by atoms with Gasteiger partial charge in [-0.1, -0.05) is 19.0 Å². The zero-order valence-electron chi connectivity index (χ0n) is 10.4.